The maximum Gasteiger partial charge on any atom is 0.271 e. The number of amides is 1. The average molecular weight is 377 g/mol. The van der Waals surface area contributed by atoms with E-state index in [4.69, 9.17) is 0 Å². The molecule has 7 heteroatoms. The molecule has 0 aliphatic heterocycles. The van der Waals surface area contributed by atoms with Crippen molar-refractivity contribution in [2.75, 3.05) is 5.32 Å². The summed E-state index contributed by atoms with van der Waals surface area (Å²) in [5, 5.41) is 13.6. The lowest BCUT2D eigenvalue weighted by Crippen LogP contribution is -2.23. The lowest BCUT2D eigenvalue weighted by molar-refractivity contribution is -0.384. The Bertz CT molecular complexity index is 1120. The fourth-order valence-electron chi connectivity index (χ4n) is 2.81. The van der Waals surface area contributed by atoms with Crippen LogP contribution in [0.1, 0.15) is 27.0 Å². The molecule has 0 atom stereocenters. The topological polar surface area (TPSA) is 94.2 Å². The van der Waals surface area contributed by atoms with Gasteiger partial charge in [-0.25, -0.2) is 0 Å². The van der Waals surface area contributed by atoms with Crippen molar-refractivity contribution in [1.82, 2.24) is 4.57 Å². The van der Waals surface area contributed by atoms with E-state index in [9.17, 15) is 19.7 Å². The van der Waals surface area contributed by atoms with Crippen LogP contribution in [0.3, 0.4) is 0 Å². The molecule has 1 aromatic heterocycles. The van der Waals surface area contributed by atoms with Gasteiger partial charge in [-0.05, 0) is 36.6 Å². The minimum atomic E-state index is -0.516. The van der Waals surface area contributed by atoms with Crippen LogP contribution in [0.15, 0.2) is 65.6 Å². The van der Waals surface area contributed by atoms with Crippen LogP contribution in [0.25, 0.3) is 0 Å². The molecule has 0 radical (unpaired) electrons. The number of benzene rings is 2. The minimum absolute atomic E-state index is 0.106. The number of rotatable bonds is 5. The van der Waals surface area contributed by atoms with Gasteiger partial charge < -0.3 is 9.88 Å². The summed E-state index contributed by atoms with van der Waals surface area (Å²) in [6.07, 6.45) is 1.50. The van der Waals surface area contributed by atoms with Gasteiger partial charge in [-0.2, -0.15) is 0 Å². The molecule has 1 N–H and O–H groups in total. The first kappa shape index (κ1) is 19.0. The highest BCUT2D eigenvalue weighted by Gasteiger charge is 2.13. The normalized spacial score (nSPS) is 10.5. The van der Waals surface area contributed by atoms with Gasteiger partial charge in [0.2, 0.25) is 0 Å². The largest absolute Gasteiger partial charge is 0.321 e. The van der Waals surface area contributed by atoms with Gasteiger partial charge in [0.1, 0.15) is 0 Å². The minimum Gasteiger partial charge on any atom is -0.321 e. The second-order valence-electron chi connectivity index (χ2n) is 6.52. The van der Waals surface area contributed by atoms with E-state index in [1.54, 1.807) is 13.0 Å². The molecule has 0 unspecified atom stereocenters. The molecule has 0 bridgehead atoms. The second-order valence-corrected chi connectivity index (χ2v) is 6.52. The molecule has 0 saturated carbocycles. The number of nitro groups is 1. The van der Waals surface area contributed by atoms with Gasteiger partial charge in [-0.15, -0.1) is 0 Å². The molecule has 1 amide bonds. The number of carbonyl (C=O) groups is 1. The van der Waals surface area contributed by atoms with Gasteiger partial charge in [0, 0.05) is 24.4 Å². The molecule has 0 saturated heterocycles. The first-order valence-electron chi connectivity index (χ1n) is 8.66. The Morgan fingerprint density at radius 3 is 2.54 bits per heavy atom. The Hall–Kier alpha value is -3.74. The van der Waals surface area contributed by atoms with Gasteiger partial charge in [0.15, 0.2) is 0 Å². The number of pyridine rings is 1. The van der Waals surface area contributed by atoms with E-state index in [2.05, 4.69) is 5.32 Å². The predicted octanol–water partition coefficient (Wildman–Crippen LogP) is 3.67. The first-order valence-corrected chi connectivity index (χ1v) is 8.66. The second kappa shape index (κ2) is 7.87. The van der Waals surface area contributed by atoms with Gasteiger partial charge in [0.05, 0.1) is 22.7 Å². The third-order valence-corrected chi connectivity index (χ3v) is 4.53. The molecular weight excluding hydrogens is 358 g/mol. The summed E-state index contributed by atoms with van der Waals surface area (Å²) in [5.74, 6) is -0.442. The smallest absolute Gasteiger partial charge is 0.271 e. The number of carbonyl (C=O) groups excluding carboxylic acids is 1. The van der Waals surface area contributed by atoms with Crippen LogP contribution in [-0.4, -0.2) is 15.4 Å². The van der Waals surface area contributed by atoms with Crippen LogP contribution in [0.2, 0.25) is 0 Å². The maximum atomic E-state index is 12.6. The number of aromatic nitrogens is 1. The summed E-state index contributed by atoms with van der Waals surface area (Å²) in [6.45, 7) is 4.06. The van der Waals surface area contributed by atoms with Crippen LogP contribution in [0.4, 0.5) is 11.4 Å². The summed E-state index contributed by atoms with van der Waals surface area (Å²) in [5.41, 5.74) is 3.06. The number of nitrogens with zero attached hydrogens (tertiary/aromatic N) is 2. The monoisotopic (exact) mass is 377 g/mol. The third-order valence-electron chi connectivity index (χ3n) is 4.53. The quantitative estimate of drug-likeness (QED) is 0.542. The molecule has 3 rings (SSSR count). The van der Waals surface area contributed by atoms with Gasteiger partial charge in [-0.3, -0.25) is 19.7 Å². The number of aryl methyl sites for hydroxylation is 2. The van der Waals surface area contributed by atoms with Crippen LogP contribution in [0, 0.1) is 24.0 Å². The van der Waals surface area contributed by atoms with E-state index >= 15 is 0 Å². The van der Waals surface area contributed by atoms with E-state index in [-0.39, 0.29) is 11.2 Å². The van der Waals surface area contributed by atoms with E-state index in [0.29, 0.717) is 23.4 Å². The van der Waals surface area contributed by atoms with Crippen molar-refractivity contribution in [1.29, 1.82) is 0 Å². The number of hydrogen-bond acceptors (Lipinski definition) is 4. The summed E-state index contributed by atoms with van der Waals surface area (Å²) < 4.78 is 1.47. The highest BCUT2D eigenvalue weighted by atomic mass is 16.6. The van der Waals surface area contributed by atoms with Gasteiger partial charge in [-0.1, -0.05) is 30.3 Å². The Morgan fingerprint density at radius 1 is 1.07 bits per heavy atom. The summed E-state index contributed by atoms with van der Waals surface area (Å²) in [4.78, 5) is 35.3. The molecule has 0 aliphatic carbocycles. The Morgan fingerprint density at radius 2 is 1.82 bits per heavy atom. The van der Waals surface area contributed by atoms with E-state index < -0.39 is 10.8 Å². The van der Waals surface area contributed by atoms with Crippen molar-refractivity contribution in [2.24, 2.45) is 0 Å². The third kappa shape index (κ3) is 4.15. The predicted molar refractivity (Wildman–Crippen MR) is 107 cm³/mol. The first-order chi connectivity index (χ1) is 13.3. The standard InChI is InChI=1S/C21H19N3O4/c1-14-5-3-4-6-16(14)12-23-13-17(8-10-20(23)25)21(26)22-19-11-18(24(27)28)9-7-15(19)2/h3-11,13H,12H2,1-2H3,(H,22,26). The Labute approximate surface area is 161 Å². The summed E-state index contributed by atoms with van der Waals surface area (Å²) in [6, 6.07) is 14.8. The number of nitrogens with one attached hydrogen (secondary N) is 1. The van der Waals surface area contributed by atoms with Crippen molar-refractivity contribution in [3.63, 3.8) is 0 Å². The maximum absolute atomic E-state index is 12.6. The van der Waals surface area contributed by atoms with E-state index in [0.717, 1.165) is 11.1 Å². The SMILES string of the molecule is Cc1ccccc1Cn1cc(C(=O)Nc2cc([N+](=O)[O-])ccc2C)ccc1=O. The zero-order valence-corrected chi connectivity index (χ0v) is 15.5. The summed E-state index contributed by atoms with van der Waals surface area (Å²) >= 11 is 0. The van der Waals surface area contributed by atoms with Crippen molar-refractivity contribution < 1.29 is 9.72 Å². The Balaban J connectivity index is 1.87. The number of hydrogen-bond donors (Lipinski definition) is 1. The summed E-state index contributed by atoms with van der Waals surface area (Å²) in [7, 11) is 0. The molecule has 0 fully saturated rings. The zero-order valence-electron chi connectivity index (χ0n) is 15.5. The number of non-ortho nitro benzene ring substituents is 1. The van der Waals surface area contributed by atoms with Crippen LogP contribution >= 0.6 is 0 Å². The molecule has 3 aromatic rings. The van der Waals surface area contributed by atoms with Gasteiger partial charge >= 0.3 is 0 Å². The highest BCUT2D eigenvalue weighted by Crippen LogP contribution is 2.22. The molecule has 0 aliphatic rings. The lowest BCUT2D eigenvalue weighted by atomic mass is 10.1. The van der Waals surface area contributed by atoms with Crippen molar-refractivity contribution in [2.45, 2.75) is 20.4 Å². The number of anilines is 1. The molecular formula is C21H19N3O4. The molecule has 7 nitrogen and oxygen atoms in total. The Kier molecular flexibility index (Phi) is 5.35. The van der Waals surface area contributed by atoms with E-state index in [1.807, 2.05) is 31.2 Å². The van der Waals surface area contributed by atoms with E-state index in [1.165, 1.54) is 35.0 Å². The number of nitro benzene ring substituents is 1. The molecule has 1 heterocycles. The van der Waals surface area contributed by atoms with Crippen molar-refractivity contribution in [3.8, 4) is 0 Å². The van der Waals surface area contributed by atoms with Gasteiger partial charge in [0.25, 0.3) is 17.2 Å². The van der Waals surface area contributed by atoms with Crippen molar-refractivity contribution in [3.05, 3.63) is 104 Å². The highest BCUT2D eigenvalue weighted by molar-refractivity contribution is 6.04. The molecule has 2 aromatic carbocycles. The fraction of sp³-hybridized carbons (Fsp3) is 0.143. The average Bonchev–Trinajstić information content (AvgIpc) is 2.66. The van der Waals surface area contributed by atoms with Crippen LogP contribution in [0.5, 0.6) is 0 Å². The zero-order chi connectivity index (χ0) is 20.3. The van der Waals surface area contributed by atoms with Crippen molar-refractivity contribution >= 4 is 17.3 Å². The molecule has 0 spiro atoms. The molecule has 28 heavy (non-hydrogen) atoms. The van der Waals surface area contributed by atoms with Crippen LogP contribution in [-0.2, 0) is 6.54 Å². The lowest BCUT2D eigenvalue weighted by Gasteiger charge is -2.11. The fourth-order valence-corrected chi connectivity index (χ4v) is 2.81. The molecule has 142 valence electrons. The van der Waals surface area contributed by atoms with Crippen LogP contribution < -0.4 is 10.9 Å².